The van der Waals surface area contributed by atoms with Gasteiger partial charge in [0.25, 0.3) is 0 Å². The number of nitrogens with one attached hydrogen (secondary N) is 1. The summed E-state index contributed by atoms with van der Waals surface area (Å²) < 4.78 is 6.10. The lowest BCUT2D eigenvalue weighted by molar-refractivity contribution is 0.208. The van der Waals surface area contributed by atoms with E-state index in [4.69, 9.17) is 4.74 Å². The molecular formula is C20H27NO. The number of ether oxygens (including phenoxy) is 1. The summed E-state index contributed by atoms with van der Waals surface area (Å²) in [4.78, 5) is 0. The van der Waals surface area contributed by atoms with E-state index in [9.17, 15) is 0 Å². The Labute approximate surface area is 134 Å². The molecule has 3 rings (SSSR count). The van der Waals surface area contributed by atoms with Crippen LogP contribution in [0.5, 0.6) is 5.75 Å². The van der Waals surface area contributed by atoms with Crippen LogP contribution in [-0.4, -0.2) is 19.7 Å². The summed E-state index contributed by atoms with van der Waals surface area (Å²) in [6.07, 6.45) is 9.10. The minimum absolute atomic E-state index is 0.535. The monoisotopic (exact) mass is 297 g/mol. The van der Waals surface area contributed by atoms with Crippen LogP contribution in [0.3, 0.4) is 0 Å². The standard InChI is InChI=1S/C20H27NO/c1-2-6-18(7-3-1)16-22-20-9-5-4-8-19(20)11-10-17-12-14-21-15-13-17/h4-5,8-9,17-18,21H,1-3,6-7,12-16H2. The van der Waals surface area contributed by atoms with E-state index in [1.54, 1.807) is 0 Å². The third-order valence-corrected chi connectivity index (χ3v) is 4.84. The Balaban J connectivity index is 1.60. The van der Waals surface area contributed by atoms with Crippen molar-refractivity contribution in [2.24, 2.45) is 11.8 Å². The molecule has 0 radical (unpaired) electrons. The normalized spacial score (nSPS) is 20.2. The Hall–Kier alpha value is -1.46. The average Bonchev–Trinajstić information content (AvgIpc) is 2.61. The van der Waals surface area contributed by atoms with E-state index in [1.807, 2.05) is 6.07 Å². The van der Waals surface area contributed by atoms with Crippen LogP contribution in [0.2, 0.25) is 0 Å². The van der Waals surface area contributed by atoms with Crippen molar-refractivity contribution in [3.05, 3.63) is 29.8 Å². The molecule has 118 valence electrons. The molecule has 1 heterocycles. The molecule has 0 aromatic heterocycles. The molecule has 2 nitrogen and oxygen atoms in total. The van der Waals surface area contributed by atoms with Crippen molar-refractivity contribution in [1.82, 2.24) is 5.32 Å². The van der Waals surface area contributed by atoms with Crippen molar-refractivity contribution in [1.29, 1.82) is 0 Å². The Kier molecular flexibility index (Phi) is 5.79. The average molecular weight is 297 g/mol. The van der Waals surface area contributed by atoms with E-state index >= 15 is 0 Å². The van der Waals surface area contributed by atoms with Crippen LogP contribution in [0.4, 0.5) is 0 Å². The van der Waals surface area contributed by atoms with E-state index in [-0.39, 0.29) is 0 Å². The van der Waals surface area contributed by atoms with Gasteiger partial charge in [0, 0.05) is 5.92 Å². The van der Waals surface area contributed by atoms with Gasteiger partial charge in [-0.15, -0.1) is 0 Å². The number of benzene rings is 1. The highest BCUT2D eigenvalue weighted by Gasteiger charge is 2.14. The minimum Gasteiger partial charge on any atom is -0.492 e. The molecule has 0 atom stereocenters. The number of hydrogen-bond donors (Lipinski definition) is 1. The molecular weight excluding hydrogens is 270 g/mol. The van der Waals surface area contributed by atoms with Gasteiger partial charge in [-0.3, -0.25) is 0 Å². The van der Waals surface area contributed by atoms with Crippen molar-refractivity contribution in [2.75, 3.05) is 19.7 Å². The summed E-state index contributed by atoms with van der Waals surface area (Å²) in [6, 6.07) is 8.26. The molecule has 2 heteroatoms. The number of para-hydroxylation sites is 1. The maximum absolute atomic E-state index is 6.10. The first kappa shape index (κ1) is 15.4. The number of piperidine rings is 1. The smallest absolute Gasteiger partial charge is 0.134 e. The molecule has 1 saturated carbocycles. The topological polar surface area (TPSA) is 21.3 Å². The van der Waals surface area contributed by atoms with Crippen molar-refractivity contribution in [3.63, 3.8) is 0 Å². The van der Waals surface area contributed by atoms with E-state index in [0.29, 0.717) is 5.92 Å². The summed E-state index contributed by atoms with van der Waals surface area (Å²) in [6.45, 7) is 3.05. The van der Waals surface area contributed by atoms with Gasteiger partial charge in [-0.05, 0) is 56.8 Å². The third-order valence-electron chi connectivity index (χ3n) is 4.84. The van der Waals surface area contributed by atoms with Gasteiger partial charge < -0.3 is 10.1 Å². The van der Waals surface area contributed by atoms with Crippen LogP contribution >= 0.6 is 0 Å². The van der Waals surface area contributed by atoms with E-state index < -0.39 is 0 Å². The summed E-state index contributed by atoms with van der Waals surface area (Å²) in [5.41, 5.74) is 1.05. The van der Waals surface area contributed by atoms with Gasteiger partial charge >= 0.3 is 0 Å². The van der Waals surface area contributed by atoms with Crippen molar-refractivity contribution in [3.8, 4) is 17.6 Å². The maximum atomic E-state index is 6.10. The van der Waals surface area contributed by atoms with Crippen LogP contribution in [-0.2, 0) is 0 Å². The quantitative estimate of drug-likeness (QED) is 0.852. The highest BCUT2D eigenvalue weighted by atomic mass is 16.5. The molecule has 0 bridgehead atoms. The van der Waals surface area contributed by atoms with Crippen molar-refractivity contribution in [2.45, 2.75) is 44.9 Å². The Bertz CT molecular complexity index is 516. The summed E-state index contributed by atoms with van der Waals surface area (Å²) in [7, 11) is 0. The summed E-state index contributed by atoms with van der Waals surface area (Å²) in [5.74, 6) is 9.05. The highest BCUT2D eigenvalue weighted by Crippen LogP contribution is 2.25. The predicted molar refractivity (Wildman–Crippen MR) is 91.0 cm³/mol. The fourth-order valence-corrected chi connectivity index (χ4v) is 3.40. The molecule has 1 aromatic rings. The van der Waals surface area contributed by atoms with Gasteiger partial charge in [0.2, 0.25) is 0 Å². The second kappa shape index (κ2) is 8.25. The van der Waals surface area contributed by atoms with Crippen LogP contribution in [0.15, 0.2) is 24.3 Å². The zero-order valence-electron chi connectivity index (χ0n) is 13.4. The first-order chi connectivity index (χ1) is 10.9. The second-order valence-electron chi connectivity index (χ2n) is 6.60. The molecule has 1 aromatic carbocycles. The molecule has 0 amide bonds. The Morgan fingerprint density at radius 1 is 1.00 bits per heavy atom. The van der Waals surface area contributed by atoms with Crippen LogP contribution < -0.4 is 10.1 Å². The fourth-order valence-electron chi connectivity index (χ4n) is 3.40. The Morgan fingerprint density at radius 3 is 2.59 bits per heavy atom. The predicted octanol–water partition coefficient (Wildman–Crippen LogP) is 4.00. The van der Waals surface area contributed by atoms with Gasteiger partial charge in [0.05, 0.1) is 12.2 Å². The fraction of sp³-hybridized carbons (Fsp3) is 0.600. The molecule has 1 saturated heterocycles. The molecule has 1 aliphatic carbocycles. The van der Waals surface area contributed by atoms with Crippen LogP contribution in [0.1, 0.15) is 50.5 Å². The first-order valence-electron chi connectivity index (χ1n) is 8.86. The van der Waals surface area contributed by atoms with Crippen molar-refractivity contribution >= 4 is 0 Å². The van der Waals surface area contributed by atoms with E-state index in [1.165, 1.54) is 32.1 Å². The zero-order chi connectivity index (χ0) is 15.0. The first-order valence-corrected chi connectivity index (χ1v) is 8.86. The lowest BCUT2D eigenvalue weighted by Gasteiger charge is -2.22. The lowest BCUT2D eigenvalue weighted by Crippen LogP contribution is -2.26. The van der Waals surface area contributed by atoms with E-state index in [2.05, 4.69) is 35.4 Å². The molecule has 2 aliphatic rings. The molecule has 1 aliphatic heterocycles. The maximum Gasteiger partial charge on any atom is 0.134 e. The molecule has 2 fully saturated rings. The van der Waals surface area contributed by atoms with Crippen molar-refractivity contribution < 1.29 is 4.74 Å². The zero-order valence-corrected chi connectivity index (χ0v) is 13.4. The van der Waals surface area contributed by atoms with Crippen LogP contribution in [0, 0.1) is 23.7 Å². The van der Waals surface area contributed by atoms with Gasteiger partial charge in [-0.1, -0.05) is 43.2 Å². The minimum atomic E-state index is 0.535. The van der Waals surface area contributed by atoms with Gasteiger partial charge in [-0.25, -0.2) is 0 Å². The second-order valence-corrected chi connectivity index (χ2v) is 6.60. The molecule has 0 unspecified atom stereocenters. The highest BCUT2D eigenvalue weighted by molar-refractivity contribution is 5.46. The lowest BCUT2D eigenvalue weighted by atomic mass is 9.90. The SMILES string of the molecule is C(#CC1CCNCC1)c1ccccc1OCC1CCCCC1. The largest absolute Gasteiger partial charge is 0.492 e. The van der Waals surface area contributed by atoms with Gasteiger partial charge in [0.15, 0.2) is 0 Å². The third kappa shape index (κ3) is 4.52. The summed E-state index contributed by atoms with van der Waals surface area (Å²) >= 11 is 0. The molecule has 1 N–H and O–H groups in total. The van der Waals surface area contributed by atoms with Gasteiger partial charge in [-0.2, -0.15) is 0 Å². The number of hydrogen-bond acceptors (Lipinski definition) is 2. The summed E-state index contributed by atoms with van der Waals surface area (Å²) in [5, 5.41) is 3.39. The molecule has 0 spiro atoms. The van der Waals surface area contributed by atoms with Crippen LogP contribution in [0.25, 0.3) is 0 Å². The van der Waals surface area contributed by atoms with E-state index in [0.717, 1.165) is 49.8 Å². The van der Waals surface area contributed by atoms with Gasteiger partial charge in [0.1, 0.15) is 5.75 Å². The Morgan fingerprint density at radius 2 is 1.77 bits per heavy atom. The molecule has 22 heavy (non-hydrogen) atoms. The number of rotatable bonds is 3.